The molecule has 0 radical (unpaired) electrons. The van der Waals surface area contributed by atoms with Gasteiger partial charge in [-0.15, -0.1) is 0 Å². The third kappa shape index (κ3) is 2.64. The molecule has 0 saturated carbocycles. The molecular weight excluding hydrogens is 330 g/mol. The van der Waals surface area contributed by atoms with E-state index in [0.717, 1.165) is 24.2 Å². The minimum absolute atomic E-state index is 0.204. The van der Waals surface area contributed by atoms with E-state index in [1.807, 2.05) is 18.2 Å². The van der Waals surface area contributed by atoms with Crippen molar-refractivity contribution in [3.8, 4) is 11.5 Å². The van der Waals surface area contributed by atoms with Gasteiger partial charge in [-0.3, -0.25) is 14.5 Å². The summed E-state index contributed by atoms with van der Waals surface area (Å²) in [5.74, 6) is 0.917. The lowest BCUT2D eigenvalue weighted by molar-refractivity contribution is 0.0629. The highest BCUT2D eigenvalue weighted by atomic mass is 16.5. The van der Waals surface area contributed by atoms with Crippen LogP contribution < -0.4 is 9.47 Å². The van der Waals surface area contributed by atoms with Gasteiger partial charge >= 0.3 is 0 Å². The highest BCUT2D eigenvalue weighted by Gasteiger charge is 2.36. The largest absolute Gasteiger partial charge is 0.488 e. The van der Waals surface area contributed by atoms with Crippen molar-refractivity contribution in [1.82, 2.24) is 4.90 Å². The van der Waals surface area contributed by atoms with Gasteiger partial charge < -0.3 is 9.47 Å². The number of carbonyl (C=O) groups is 2. The quantitative estimate of drug-likeness (QED) is 0.774. The molecule has 0 N–H and O–H groups in total. The second kappa shape index (κ2) is 6.16. The van der Waals surface area contributed by atoms with E-state index >= 15 is 0 Å². The monoisotopic (exact) mass is 351 g/mol. The van der Waals surface area contributed by atoms with Gasteiger partial charge in [0.05, 0.1) is 17.7 Å². The Kier molecular flexibility index (Phi) is 3.94. The van der Waals surface area contributed by atoms with Gasteiger partial charge in [0.1, 0.15) is 12.2 Å². The van der Waals surface area contributed by atoms with E-state index in [0.29, 0.717) is 16.9 Å². The van der Waals surface area contributed by atoms with Gasteiger partial charge in [-0.2, -0.15) is 0 Å². The molecule has 0 saturated heterocycles. The zero-order chi connectivity index (χ0) is 18.3. The molecule has 134 valence electrons. The summed E-state index contributed by atoms with van der Waals surface area (Å²) in [6, 6.07) is 12.7. The first kappa shape index (κ1) is 16.6. The minimum Gasteiger partial charge on any atom is -0.488 e. The van der Waals surface area contributed by atoms with Gasteiger partial charge in [0, 0.05) is 12.0 Å². The number of para-hydroxylation sites is 1. The van der Waals surface area contributed by atoms with E-state index in [1.54, 1.807) is 24.3 Å². The van der Waals surface area contributed by atoms with Crippen LogP contribution in [0.3, 0.4) is 0 Å². The molecule has 5 nitrogen and oxygen atoms in total. The van der Waals surface area contributed by atoms with Crippen molar-refractivity contribution in [1.29, 1.82) is 0 Å². The molecule has 2 aromatic carbocycles. The Hall–Kier alpha value is -2.82. The first-order valence-electron chi connectivity index (χ1n) is 8.91. The van der Waals surface area contributed by atoms with Crippen LogP contribution in [0.4, 0.5) is 0 Å². The van der Waals surface area contributed by atoms with Crippen LogP contribution in [0, 0.1) is 0 Å². The molecule has 0 bridgehead atoms. The number of imide groups is 1. The topological polar surface area (TPSA) is 55.8 Å². The highest BCUT2D eigenvalue weighted by Crippen LogP contribution is 2.43. The second-order valence-corrected chi connectivity index (χ2v) is 6.98. The predicted molar refractivity (Wildman–Crippen MR) is 96.8 cm³/mol. The fraction of sp³-hybridized carbons (Fsp3) is 0.333. The smallest absolute Gasteiger partial charge is 0.261 e. The fourth-order valence-electron chi connectivity index (χ4n) is 3.50. The number of nitrogens with zero attached hydrogens (tertiary/aromatic N) is 1. The van der Waals surface area contributed by atoms with Crippen molar-refractivity contribution in [2.45, 2.75) is 32.3 Å². The van der Waals surface area contributed by atoms with Crippen LogP contribution in [0.15, 0.2) is 42.5 Å². The third-order valence-corrected chi connectivity index (χ3v) is 5.17. The predicted octanol–water partition coefficient (Wildman–Crippen LogP) is 3.47. The molecule has 2 aliphatic heterocycles. The third-order valence-electron chi connectivity index (χ3n) is 5.17. The number of benzene rings is 2. The molecule has 5 heteroatoms. The molecule has 0 spiro atoms. The van der Waals surface area contributed by atoms with Gasteiger partial charge in [-0.1, -0.05) is 31.2 Å². The second-order valence-electron chi connectivity index (χ2n) is 6.98. The summed E-state index contributed by atoms with van der Waals surface area (Å²) in [5, 5.41) is 0. The number of hydrogen-bond donors (Lipinski definition) is 0. The van der Waals surface area contributed by atoms with E-state index in [-0.39, 0.29) is 30.6 Å². The maximum Gasteiger partial charge on any atom is 0.261 e. The average molecular weight is 351 g/mol. The molecule has 2 amide bonds. The van der Waals surface area contributed by atoms with E-state index in [2.05, 4.69) is 13.8 Å². The molecule has 2 heterocycles. The molecule has 0 fully saturated rings. The first-order chi connectivity index (χ1) is 12.5. The van der Waals surface area contributed by atoms with Gasteiger partial charge in [0.25, 0.3) is 11.8 Å². The summed E-state index contributed by atoms with van der Waals surface area (Å²) < 4.78 is 12.0. The number of ether oxygens (including phenoxy) is 2. The van der Waals surface area contributed by atoms with Gasteiger partial charge in [-0.05, 0) is 31.5 Å². The Balaban J connectivity index is 1.44. The molecule has 1 unspecified atom stereocenters. The van der Waals surface area contributed by atoms with Gasteiger partial charge in [0.15, 0.2) is 11.5 Å². The van der Waals surface area contributed by atoms with Crippen LogP contribution in [0.1, 0.15) is 46.5 Å². The summed E-state index contributed by atoms with van der Waals surface area (Å²) in [4.78, 5) is 26.0. The molecular formula is C21H21NO4. The SMILES string of the molecule is CCC1(C)Cc2cccc(OCCN3C(=O)c4ccccc4C3=O)c2O1. The maximum atomic E-state index is 12.4. The Morgan fingerprint density at radius 2 is 1.77 bits per heavy atom. The maximum absolute atomic E-state index is 12.4. The van der Waals surface area contributed by atoms with Crippen LogP contribution in [0.2, 0.25) is 0 Å². The zero-order valence-electron chi connectivity index (χ0n) is 15.0. The summed E-state index contributed by atoms with van der Waals surface area (Å²) in [5.41, 5.74) is 1.84. The van der Waals surface area contributed by atoms with Crippen molar-refractivity contribution in [3.05, 3.63) is 59.2 Å². The Labute approximate surface area is 152 Å². The lowest BCUT2D eigenvalue weighted by atomic mass is 9.97. The molecule has 0 aromatic heterocycles. The van der Waals surface area contributed by atoms with Crippen LogP contribution >= 0.6 is 0 Å². The Bertz CT molecular complexity index is 856. The average Bonchev–Trinajstić information content (AvgIpc) is 3.12. The number of rotatable bonds is 5. The lowest BCUT2D eigenvalue weighted by Gasteiger charge is -2.22. The lowest BCUT2D eigenvalue weighted by Crippen LogP contribution is -2.33. The number of carbonyl (C=O) groups excluding carboxylic acids is 2. The summed E-state index contributed by atoms with van der Waals surface area (Å²) in [7, 11) is 0. The van der Waals surface area contributed by atoms with Gasteiger partial charge in [0.2, 0.25) is 0 Å². The number of hydrogen-bond acceptors (Lipinski definition) is 4. The van der Waals surface area contributed by atoms with Crippen LogP contribution in [-0.4, -0.2) is 35.5 Å². The molecule has 4 rings (SSSR count). The van der Waals surface area contributed by atoms with Crippen molar-refractivity contribution >= 4 is 11.8 Å². The highest BCUT2D eigenvalue weighted by molar-refractivity contribution is 6.21. The van der Waals surface area contributed by atoms with Crippen molar-refractivity contribution < 1.29 is 19.1 Å². The summed E-state index contributed by atoms with van der Waals surface area (Å²) in [6.07, 6.45) is 1.77. The Morgan fingerprint density at radius 1 is 1.08 bits per heavy atom. The minimum atomic E-state index is -0.262. The van der Waals surface area contributed by atoms with E-state index in [1.165, 1.54) is 4.90 Å². The summed E-state index contributed by atoms with van der Waals surface area (Å²) in [6.45, 7) is 4.64. The van der Waals surface area contributed by atoms with E-state index < -0.39 is 0 Å². The molecule has 1 atom stereocenters. The van der Waals surface area contributed by atoms with Crippen molar-refractivity contribution in [2.75, 3.05) is 13.2 Å². The zero-order valence-corrected chi connectivity index (χ0v) is 15.0. The van der Waals surface area contributed by atoms with Crippen LogP contribution in [0.5, 0.6) is 11.5 Å². The standard InChI is InChI=1S/C21H21NO4/c1-3-21(2)13-14-7-6-10-17(18(14)26-21)25-12-11-22-19(23)15-8-4-5-9-16(15)20(22)24/h4-10H,3,11-13H2,1-2H3. The van der Waals surface area contributed by atoms with Crippen molar-refractivity contribution in [2.24, 2.45) is 0 Å². The first-order valence-corrected chi connectivity index (χ1v) is 8.91. The number of amides is 2. The molecule has 2 aliphatic rings. The van der Waals surface area contributed by atoms with Gasteiger partial charge in [-0.25, -0.2) is 0 Å². The number of fused-ring (bicyclic) bond motifs is 2. The fourth-order valence-corrected chi connectivity index (χ4v) is 3.50. The van der Waals surface area contributed by atoms with Crippen LogP contribution in [0.25, 0.3) is 0 Å². The molecule has 0 aliphatic carbocycles. The van der Waals surface area contributed by atoms with E-state index in [4.69, 9.17) is 9.47 Å². The van der Waals surface area contributed by atoms with Crippen molar-refractivity contribution in [3.63, 3.8) is 0 Å². The molecule has 26 heavy (non-hydrogen) atoms. The Morgan fingerprint density at radius 3 is 2.42 bits per heavy atom. The van der Waals surface area contributed by atoms with E-state index in [9.17, 15) is 9.59 Å². The summed E-state index contributed by atoms with van der Waals surface area (Å²) >= 11 is 0. The van der Waals surface area contributed by atoms with Crippen LogP contribution in [-0.2, 0) is 6.42 Å². The molecule has 2 aromatic rings. The normalized spacial score (nSPS) is 20.8.